The van der Waals surface area contributed by atoms with Crippen molar-refractivity contribution in [2.45, 2.75) is 77.1 Å². The van der Waals surface area contributed by atoms with Gasteiger partial charge in [0.05, 0.1) is 11.8 Å². The molecule has 0 radical (unpaired) electrons. The van der Waals surface area contributed by atoms with Crippen LogP contribution in [0, 0.1) is 0 Å². The highest BCUT2D eigenvalue weighted by Crippen LogP contribution is 2.29. The Kier molecular flexibility index (Phi) is 8.05. The zero-order valence-electron chi connectivity index (χ0n) is 15.1. The minimum absolute atomic E-state index is 0.392. The van der Waals surface area contributed by atoms with E-state index in [4.69, 9.17) is 0 Å². The van der Waals surface area contributed by atoms with Gasteiger partial charge in [-0.25, -0.2) is 0 Å². The molecule has 1 aromatic heterocycles. The van der Waals surface area contributed by atoms with Crippen LogP contribution in [0.15, 0.2) is 24.4 Å². The standard InChI is InChI=1S/C10H11NO.C9H22Si/c12-9-6-2-1-4-8-5-3-7-11-10(8)9;1-7(2)10(8(3)4)9(5)6/h1,3-5,7,9,12H,2,6H2;7-10H,1-6H3. The summed E-state index contributed by atoms with van der Waals surface area (Å²) in [6.07, 6.45) is 7.14. The Morgan fingerprint density at radius 3 is 2.18 bits per heavy atom. The van der Waals surface area contributed by atoms with Crippen LogP contribution in [0.4, 0.5) is 0 Å². The fourth-order valence-electron chi connectivity index (χ4n) is 3.76. The number of rotatable bonds is 3. The zero-order valence-corrected chi connectivity index (χ0v) is 16.2. The van der Waals surface area contributed by atoms with E-state index >= 15 is 0 Å². The molecule has 1 aliphatic carbocycles. The highest BCUT2D eigenvalue weighted by atomic mass is 28.3. The summed E-state index contributed by atoms with van der Waals surface area (Å²) in [5.41, 5.74) is 4.77. The molecular formula is C19H33NOSi. The van der Waals surface area contributed by atoms with Crippen molar-refractivity contribution in [1.29, 1.82) is 0 Å². The Labute approximate surface area is 138 Å². The molecule has 0 saturated carbocycles. The highest BCUT2D eigenvalue weighted by Gasteiger charge is 2.22. The molecule has 0 spiro atoms. The predicted octanol–water partition coefficient (Wildman–Crippen LogP) is 5.37. The van der Waals surface area contributed by atoms with E-state index in [-0.39, 0.29) is 0 Å². The van der Waals surface area contributed by atoms with Crippen molar-refractivity contribution in [1.82, 2.24) is 4.98 Å². The van der Waals surface area contributed by atoms with E-state index in [0.717, 1.165) is 40.7 Å². The summed E-state index contributed by atoms with van der Waals surface area (Å²) in [4.78, 5) is 4.16. The summed E-state index contributed by atoms with van der Waals surface area (Å²) in [7, 11) is -0.454. The summed E-state index contributed by atoms with van der Waals surface area (Å²) >= 11 is 0. The largest absolute Gasteiger partial charge is 0.387 e. The molecule has 1 atom stereocenters. The molecule has 2 nitrogen and oxygen atoms in total. The fraction of sp³-hybridized carbons (Fsp3) is 0.632. The maximum Gasteiger partial charge on any atom is 0.0968 e. The number of fused-ring (bicyclic) bond motifs is 1. The van der Waals surface area contributed by atoms with E-state index in [1.807, 2.05) is 18.2 Å². The third kappa shape index (κ3) is 5.69. The Morgan fingerprint density at radius 2 is 1.68 bits per heavy atom. The normalized spacial score (nSPS) is 17.5. The third-order valence-electron chi connectivity index (χ3n) is 4.40. The summed E-state index contributed by atoms with van der Waals surface area (Å²) in [6, 6.07) is 3.87. The smallest absolute Gasteiger partial charge is 0.0968 e. The molecule has 0 aliphatic heterocycles. The lowest BCUT2D eigenvalue weighted by atomic mass is 10.1. The molecule has 1 aromatic rings. The summed E-state index contributed by atoms with van der Waals surface area (Å²) < 4.78 is 0. The van der Waals surface area contributed by atoms with Gasteiger partial charge < -0.3 is 5.11 Å². The topological polar surface area (TPSA) is 33.1 Å². The molecule has 2 rings (SSSR count). The first kappa shape index (κ1) is 19.1. The number of aromatic nitrogens is 1. The number of pyridine rings is 1. The van der Waals surface area contributed by atoms with Crippen molar-refractivity contribution in [3.05, 3.63) is 35.7 Å². The molecule has 0 fully saturated rings. The molecule has 0 amide bonds. The molecule has 0 aromatic carbocycles. The van der Waals surface area contributed by atoms with Crippen LogP contribution in [-0.2, 0) is 0 Å². The first-order valence-corrected chi connectivity index (χ1v) is 10.6. The first-order valence-electron chi connectivity index (χ1n) is 8.64. The summed E-state index contributed by atoms with van der Waals surface area (Å²) in [6.45, 7) is 14.3. The van der Waals surface area contributed by atoms with Gasteiger partial charge in [0.2, 0.25) is 0 Å². The monoisotopic (exact) mass is 319 g/mol. The number of hydrogen-bond acceptors (Lipinski definition) is 2. The van der Waals surface area contributed by atoms with Gasteiger partial charge in [-0.3, -0.25) is 4.98 Å². The number of aliphatic hydroxyl groups excluding tert-OH is 1. The van der Waals surface area contributed by atoms with Gasteiger partial charge in [0.15, 0.2) is 0 Å². The average Bonchev–Trinajstić information content (AvgIpc) is 2.60. The second-order valence-electron chi connectivity index (χ2n) is 7.28. The van der Waals surface area contributed by atoms with Crippen LogP contribution in [0.25, 0.3) is 6.08 Å². The molecule has 1 heterocycles. The third-order valence-corrected chi connectivity index (χ3v) is 9.02. The predicted molar refractivity (Wildman–Crippen MR) is 99.9 cm³/mol. The van der Waals surface area contributed by atoms with Gasteiger partial charge in [-0.15, -0.1) is 0 Å². The lowest BCUT2D eigenvalue weighted by Crippen LogP contribution is -2.24. The van der Waals surface area contributed by atoms with Gasteiger partial charge in [0.25, 0.3) is 0 Å². The van der Waals surface area contributed by atoms with Gasteiger partial charge in [-0.2, -0.15) is 0 Å². The van der Waals surface area contributed by atoms with Crippen LogP contribution in [0.5, 0.6) is 0 Å². The maximum absolute atomic E-state index is 9.64. The van der Waals surface area contributed by atoms with Crippen molar-refractivity contribution in [3.8, 4) is 0 Å². The zero-order chi connectivity index (χ0) is 16.7. The van der Waals surface area contributed by atoms with Crippen LogP contribution >= 0.6 is 0 Å². The Balaban J connectivity index is 0.000000225. The number of hydrogen-bond donors (Lipinski definition) is 1. The van der Waals surface area contributed by atoms with Crippen molar-refractivity contribution in [2.24, 2.45) is 0 Å². The minimum Gasteiger partial charge on any atom is -0.387 e. The van der Waals surface area contributed by atoms with Gasteiger partial charge in [-0.05, 0) is 24.5 Å². The average molecular weight is 320 g/mol. The van der Waals surface area contributed by atoms with Crippen molar-refractivity contribution >= 4 is 14.9 Å². The Morgan fingerprint density at radius 1 is 1.09 bits per heavy atom. The van der Waals surface area contributed by atoms with Crippen molar-refractivity contribution < 1.29 is 5.11 Å². The lowest BCUT2D eigenvalue weighted by Gasteiger charge is -2.26. The molecule has 1 aliphatic rings. The van der Waals surface area contributed by atoms with Crippen LogP contribution < -0.4 is 0 Å². The molecule has 1 N–H and O–H groups in total. The van der Waals surface area contributed by atoms with Crippen LogP contribution in [-0.4, -0.2) is 18.9 Å². The Hall–Kier alpha value is -0.933. The van der Waals surface area contributed by atoms with E-state index < -0.39 is 14.9 Å². The molecule has 3 heteroatoms. The molecule has 0 saturated heterocycles. The first-order chi connectivity index (χ1) is 10.3. The fourth-order valence-corrected chi connectivity index (χ4v) is 8.38. The van der Waals surface area contributed by atoms with Gasteiger partial charge in [-0.1, -0.05) is 76.4 Å². The SMILES string of the molecule is CC(C)[SiH](C(C)C)C(C)C.OC1CCC=Cc2cccnc21. The Bertz CT molecular complexity index is 449. The molecule has 22 heavy (non-hydrogen) atoms. The second kappa shape index (κ2) is 9.26. The second-order valence-corrected chi connectivity index (χ2v) is 12.4. The van der Waals surface area contributed by atoms with E-state index in [1.54, 1.807) is 6.20 Å². The van der Waals surface area contributed by atoms with Crippen molar-refractivity contribution in [3.63, 3.8) is 0 Å². The maximum atomic E-state index is 9.64. The summed E-state index contributed by atoms with van der Waals surface area (Å²) in [5.74, 6) is 0. The van der Waals surface area contributed by atoms with E-state index in [9.17, 15) is 5.11 Å². The van der Waals surface area contributed by atoms with E-state index in [0.29, 0.717) is 0 Å². The van der Waals surface area contributed by atoms with Gasteiger partial charge in [0, 0.05) is 15.0 Å². The number of aliphatic hydroxyl groups is 1. The molecule has 1 unspecified atom stereocenters. The number of nitrogens with zero attached hydrogens (tertiary/aromatic N) is 1. The van der Waals surface area contributed by atoms with Crippen molar-refractivity contribution in [2.75, 3.05) is 0 Å². The van der Waals surface area contributed by atoms with Crippen LogP contribution in [0.2, 0.25) is 16.6 Å². The molecular weight excluding hydrogens is 286 g/mol. The van der Waals surface area contributed by atoms with Gasteiger partial charge >= 0.3 is 0 Å². The summed E-state index contributed by atoms with van der Waals surface area (Å²) in [5, 5.41) is 9.64. The van der Waals surface area contributed by atoms with Crippen LogP contribution in [0.1, 0.15) is 71.7 Å². The molecule has 124 valence electrons. The lowest BCUT2D eigenvalue weighted by molar-refractivity contribution is 0.164. The highest BCUT2D eigenvalue weighted by molar-refractivity contribution is 6.63. The van der Waals surface area contributed by atoms with E-state index in [1.165, 1.54) is 0 Å². The minimum atomic E-state index is -0.454. The number of allylic oxidation sites excluding steroid dienone is 1. The quantitative estimate of drug-likeness (QED) is 0.760. The van der Waals surface area contributed by atoms with Crippen LogP contribution in [0.3, 0.4) is 0 Å². The van der Waals surface area contributed by atoms with E-state index in [2.05, 4.69) is 52.6 Å². The molecule has 0 bridgehead atoms. The van der Waals surface area contributed by atoms with Gasteiger partial charge in [0.1, 0.15) is 0 Å².